The van der Waals surface area contributed by atoms with Crippen molar-refractivity contribution in [3.63, 3.8) is 0 Å². The van der Waals surface area contributed by atoms with Gasteiger partial charge >= 0.3 is 0 Å². The summed E-state index contributed by atoms with van der Waals surface area (Å²) < 4.78 is 5.49. The predicted octanol–water partition coefficient (Wildman–Crippen LogP) is 2.55. The molecule has 8 heteroatoms. The van der Waals surface area contributed by atoms with Crippen LogP contribution in [0.15, 0.2) is 30.5 Å². The van der Waals surface area contributed by atoms with Crippen LogP contribution in [0.2, 0.25) is 5.02 Å². The van der Waals surface area contributed by atoms with E-state index < -0.39 is 0 Å². The van der Waals surface area contributed by atoms with Gasteiger partial charge in [0.05, 0.1) is 23.9 Å². The number of ether oxygens (including phenoxy) is 1. The molecule has 4 rings (SSSR count). The number of aliphatic hydroxyl groups excluding tert-OH is 1. The van der Waals surface area contributed by atoms with Crippen LogP contribution < -0.4 is 10.1 Å². The lowest BCUT2D eigenvalue weighted by Crippen LogP contribution is -2.59. The van der Waals surface area contributed by atoms with Gasteiger partial charge in [0, 0.05) is 19.1 Å². The molecule has 1 amide bonds. The van der Waals surface area contributed by atoms with Crippen LogP contribution in [0.3, 0.4) is 0 Å². The summed E-state index contributed by atoms with van der Waals surface area (Å²) in [5.74, 6) is 0.943. The second-order valence-corrected chi connectivity index (χ2v) is 8.06. The number of carbonyl (C=O) groups excluding carboxylic acids is 1. The second kappa shape index (κ2) is 8.65. The molecule has 1 aromatic heterocycles. The molecule has 1 aliphatic carbocycles. The molecule has 2 N–H and O–H groups in total. The van der Waals surface area contributed by atoms with E-state index in [1.54, 1.807) is 12.3 Å². The molecule has 7 nitrogen and oxygen atoms in total. The molecule has 0 bridgehead atoms. The molecule has 29 heavy (non-hydrogen) atoms. The van der Waals surface area contributed by atoms with Crippen molar-refractivity contribution in [2.75, 3.05) is 26.3 Å². The third-order valence-electron chi connectivity index (χ3n) is 5.54. The van der Waals surface area contributed by atoms with Gasteiger partial charge in [0.25, 0.3) is 5.91 Å². The highest BCUT2D eigenvalue weighted by atomic mass is 35.5. The summed E-state index contributed by atoms with van der Waals surface area (Å²) in [4.78, 5) is 14.7. The van der Waals surface area contributed by atoms with Crippen LogP contribution in [-0.4, -0.2) is 58.5 Å². The Labute approximate surface area is 175 Å². The van der Waals surface area contributed by atoms with E-state index in [0.29, 0.717) is 22.4 Å². The maximum absolute atomic E-state index is 12.5. The number of likely N-dealkylation sites (tertiary alicyclic amines) is 1. The van der Waals surface area contributed by atoms with E-state index in [2.05, 4.69) is 27.3 Å². The summed E-state index contributed by atoms with van der Waals surface area (Å²) in [6.07, 6.45) is 4.08. The normalized spacial score (nSPS) is 18.2. The summed E-state index contributed by atoms with van der Waals surface area (Å²) in [6, 6.07) is 7.69. The first-order valence-corrected chi connectivity index (χ1v) is 10.3. The fourth-order valence-electron chi connectivity index (χ4n) is 3.63. The maximum atomic E-state index is 12.5. The summed E-state index contributed by atoms with van der Waals surface area (Å²) in [6.45, 7) is 3.71. The molecular formula is C21H25ClN4O3. The fourth-order valence-corrected chi connectivity index (χ4v) is 3.96. The molecule has 1 aliphatic heterocycles. The van der Waals surface area contributed by atoms with Gasteiger partial charge in [-0.3, -0.25) is 9.69 Å². The number of aliphatic hydroxyl groups is 1. The highest BCUT2D eigenvalue weighted by Crippen LogP contribution is 2.39. The fraction of sp³-hybridized carbons (Fsp3) is 0.476. The van der Waals surface area contributed by atoms with Gasteiger partial charge in [-0.1, -0.05) is 23.7 Å². The minimum absolute atomic E-state index is 0.0580. The third-order valence-corrected chi connectivity index (χ3v) is 5.95. The molecule has 2 heterocycles. The van der Waals surface area contributed by atoms with Crippen LogP contribution in [0.5, 0.6) is 5.75 Å². The maximum Gasteiger partial charge on any atom is 0.272 e. The number of carbonyl (C=O) groups is 1. The summed E-state index contributed by atoms with van der Waals surface area (Å²) in [5.41, 5.74) is 2.46. The Morgan fingerprint density at radius 1 is 1.41 bits per heavy atom. The number of benzene rings is 1. The van der Waals surface area contributed by atoms with Gasteiger partial charge in [0.1, 0.15) is 12.4 Å². The van der Waals surface area contributed by atoms with Crippen LogP contribution in [0.4, 0.5) is 0 Å². The van der Waals surface area contributed by atoms with E-state index in [1.807, 2.05) is 18.2 Å². The van der Waals surface area contributed by atoms with Gasteiger partial charge in [-0.15, -0.1) is 5.10 Å². The van der Waals surface area contributed by atoms with Crippen molar-refractivity contribution >= 4 is 17.5 Å². The highest BCUT2D eigenvalue weighted by molar-refractivity contribution is 6.32. The molecule has 1 saturated heterocycles. The van der Waals surface area contributed by atoms with Crippen molar-refractivity contribution in [2.24, 2.45) is 0 Å². The molecule has 0 radical (unpaired) electrons. The number of nitrogens with one attached hydrogen (secondary N) is 1. The number of halogens is 1. The van der Waals surface area contributed by atoms with Crippen LogP contribution in [-0.2, 0) is 0 Å². The number of hydrogen-bond acceptors (Lipinski definition) is 6. The zero-order valence-electron chi connectivity index (χ0n) is 16.3. The average Bonchev–Trinajstić information content (AvgIpc) is 3.54. The highest BCUT2D eigenvalue weighted by Gasteiger charge is 2.33. The van der Waals surface area contributed by atoms with E-state index in [9.17, 15) is 4.79 Å². The third kappa shape index (κ3) is 4.52. The lowest BCUT2D eigenvalue weighted by molar-refractivity contribution is 0.0671. The van der Waals surface area contributed by atoms with E-state index in [0.717, 1.165) is 37.1 Å². The number of rotatable bonds is 8. The van der Waals surface area contributed by atoms with Crippen LogP contribution in [0, 0.1) is 0 Å². The average molecular weight is 417 g/mol. The molecular weight excluding hydrogens is 392 g/mol. The molecule has 1 unspecified atom stereocenters. The number of amides is 1. The van der Waals surface area contributed by atoms with Crippen molar-refractivity contribution in [3.8, 4) is 5.75 Å². The summed E-state index contributed by atoms with van der Waals surface area (Å²) in [7, 11) is 0. The van der Waals surface area contributed by atoms with Gasteiger partial charge in [-0.25, -0.2) is 0 Å². The first kappa shape index (κ1) is 20.1. The SMILES string of the molecule is CC(c1cccc(OCCO)c1Cl)N1CC(NC(=O)c2cc(C3CC3)cnn2)C1. The minimum Gasteiger partial charge on any atom is -0.490 e. The van der Waals surface area contributed by atoms with Crippen molar-refractivity contribution < 1.29 is 14.6 Å². The Morgan fingerprint density at radius 2 is 2.21 bits per heavy atom. The van der Waals surface area contributed by atoms with Crippen molar-refractivity contribution in [1.82, 2.24) is 20.4 Å². The Balaban J connectivity index is 1.33. The molecule has 1 atom stereocenters. The molecule has 2 aromatic rings. The standard InChI is InChI=1S/C21H25ClN4O3/c1-13(17-3-2-4-19(20(17)22)29-8-7-27)26-11-16(12-26)24-21(28)18-9-15(10-23-25-18)14-5-6-14/h2-4,9-10,13-14,16,27H,5-8,11-12H2,1H3,(H,24,28). The Hall–Kier alpha value is -2.22. The van der Waals surface area contributed by atoms with Crippen LogP contribution >= 0.6 is 11.6 Å². The Morgan fingerprint density at radius 3 is 2.93 bits per heavy atom. The first-order chi connectivity index (χ1) is 14.1. The number of aromatic nitrogens is 2. The number of hydrogen-bond donors (Lipinski definition) is 2. The number of nitrogens with zero attached hydrogens (tertiary/aromatic N) is 3. The van der Waals surface area contributed by atoms with Gasteiger partial charge in [0.2, 0.25) is 0 Å². The second-order valence-electron chi connectivity index (χ2n) is 7.68. The van der Waals surface area contributed by atoms with Crippen LogP contribution in [0.1, 0.15) is 53.3 Å². The smallest absolute Gasteiger partial charge is 0.272 e. The zero-order valence-corrected chi connectivity index (χ0v) is 17.1. The largest absolute Gasteiger partial charge is 0.490 e. The molecule has 1 saturated carbocycles. The van der Waals surface area contributed by atoms with Crippen LogP contribution in [0.25, 0.3) is 0 Å². The van der Waals surface area contributed by atoms with Gasteiger partial charge < -0.3 is 15.2 Å². The van der Waals surface area contributed by atoms with Gasteiger partial charge in [-0.2, -0.15) is 5.10 Å². The molecule has 2 fully saturated rings. The Bertz CT molecular complexity index is 884. The van der Waals surface area contributed by atoms with E-state index in [4.69, 9.17) is 21.4 Å². The van der Waals surface area contributed by atoms with Crippen molar-refractivity contribution in [1.29, 1.82) is 0 Å². The van der Waals surface area contributed by atoms with E-state index in [1.165, 1.54) is 0 Å². The quantitative estimate of drug-likeness (QED) is 0.687. The lowest BCUT2D eigenvalue weighted by atomic mass is 10.00. The topological polar surface area (TPSA) is 87.6 Å². The predicted molar refractivity (Wildman–Crippen MR) is 109 cm³/mol. The monoisotopic (exact) mass is 416 g/mol. The Kier molecular flexibility index (Phi) is 5.99. The molecule has 154 valence electrons. The lowest BCUT2D eigenvalue weighted by Gasteiger charge is -2.43. The summed E-state index contributed by atoms with van der Waals surface area (Å²) in [5, 5.41) is 20.5. The van der Waals surface area contributed by atoms with E-state index >= 15 is 0 Å². The van der Waals surface area contributed by atoms with Crippen molar-refractivity contribution in [3.05, 3.63) is 52.3 Å². The van der Waals surface area contributed by atoms with Crippen molar-refractivity contribution in [2.45, 2.75) is 37.8 Å². The first-order valence-electron chi connectivity index (χ1n) is 9.96. The molecule has 2 aliphatic rings. The zero-order chi connectivity index (χ0) is 20.4. The molecule has 1 aromatic carbocycles. The van der Waals surface area contributed by atoms with Gasteiger partial charge in [0.15, 0.2) is 5.69 Å². The minimum atomic E-state index is -0.172. The van der Waals surface area contributed by atoms with E-state index in [-0.39, 0.29) is 31.2 Å². The summed E-state index contributed by atoms with van der Waals surface area (Å²) >= 11 is 6.49. The van der Waals surface area contributed by atoms with Gasteiger partial charge in [-0.05, 0) is 48.9 Å². The molecule has 0 spiro atoms.